The molecule has 1 N–H and O–H groups in total. The minimum Gasteiger partial charge on any atom is -0.388 e. The summed E-state index contributed by atoms with van der Waals surface area (Å²) in [5.74, 6) is 0. The number of aliphatic hydroxyl groups is 1. The van der Waals surface area contributed by atoms with Gasteiger partial charge in [0.05, 0.1) is 6.10 Å². The molecule has 0 radical (unpaired) electrons. The lowest BCUT2D eigenvalue weighted by molar-refractivity contribution is 0.168. The third kappa shape index (κ3) is 4.39. The first-order valence-electron chi connectivity index (χ1n) is 8.87. The maximum atomic E-state index is 10.8. The molecular weight excluding hydrogens is 324 g/mol. The molecule has 0 aliphatic rings. The summed E-state index contributed by atoms with van der Waals surface area (Å²) in [7, 11) is 0. The molecule has 0 spiro atoms. The summed E-state index contributed by atoms with van der Waals surface area (Å²) in [6.45, 7) is 6.72. The van der Waals surface area contributed by atoms with E-state index < -0.39 is 6.10 Å². The number of benzene rings is 2. The van der Waals surface area contributed by atoms with Crippen molar-refractivity contribution >= 4 is 11.3 Å². The van der Waals surface area contributed by atoms with E-state index >= 15 is 0 Å². The molecule has 1 unspecified atom stereocenters. The van der Waals surface area contributed by atoms with Crippen LogP contribution in [0.25, 0.3) is 10.4 Å². The Morgan fingerprint density at radius 1 is 0.880 bits per heavy atom. The van der Waals surface area contributed by atoms with Crippen molar-refractivity contribution in [3.63, 3.8) is 0 Å². The Bertz CT molecular complexity index is 811. The Labute approximate surface area is 155 Å². The van der Waals surface area contributed by atoms with E-state index in [9.17, 15) is 5.11 Å². The second-order valence-electron chi connectivity index (χ2n) is 7.54. The summed E-state index contributed by atoms with van der Waals surface area (Å²) in [6, 6.07) is 23.0. The van der Waals surface area contributed by atoms with E-state index in [1.165, 1.54) is 15.3 Å². The first kappa shape index (κ1) is 17.9. The van der Waals surface area contributed by atoms with E-state index in [0.717, 1.165) is 24.0 Å². The number of aliphatic hydroxyl groups excluding tert-OH is 1. The van der Waals surface area contributed by atoms with E-state index in [4.69, 9.17) is 0 Å². The van der Waals surface area contributed by atoms with Gasteiger partial charge < -0.3 is 5.11 Å². The number of aryl methyl sites for hydroxylation is 1. The molecule has 3 rings (SSSR count). The fraction of sp³-hybridized carbons (Fsp3) is 0.304. The van der Waals surface area contributed by atoms with Crippen LogP contribution < -0.4 is 0 Å². The summed E-state index contributed by atoms with van der Waals surface area (Å²) >= 11 is 1.83. The minimum atomic E-state index is -0.448. The van der Waals surface area contributed by atoms with Crippen molar-refractivity contribution in [3.8, 4) is 10.4 Å². The van der Waals surface area contributed by atoms with Crippen molar-refractivity contribution < 1.29 is 5.11 Å². The highest BCUT2D eigenvalue weighted by Crippen LogP contribution is 2.38. The Hall–Kier alpha value is -1.90. The lowest BCUT2D eigenvalue weighted by atomic mass is 9.94. The molecule has 0 saturated heterocycles. The molecule has 1 nitrogen and oxygen atoms in total. The van der Waals surface area contributed by atoms with Gasteiger partial charge in [-0.15, -0.1) is 11.3 Å². The number of hydrogen-bond donors (Lipinski definition) is 1. The highest BCUT2D eigenvalue weighted by Gasteiger charge is 2.19. The van der Waals surface area contributed by atoms with Crippen molar-refractivity contribution in [2.75, 3.05) is 0 Å². The topological polar surface area (TPSA) is 20.2 Å². The highest BCUT2D eigenvalue weighted by atomic mass is 32.1. The molecule has 0 fully saturated rings. The second-order valence-corrected chi connectivity index (χ2v) is 8.62. The molecule has 2 heteroatoms. The van der Waals surface area contributed by atoms with Crippen LogP contribution in [-0.4, -0.2) is 5.11 Å². The lowest BCUT2D eigenvalue weighted by Crippen LogP contribution is -2.07. The predicted octanol–water partition coefficient (Wildman–Crippen LogP) is 6.38. The highest BCUT2D eigenvalue weighted by molar-refractivity contribution is 7.15. The zero-order valence-corrected chi connectivity index (χ0v) is 16.0. The molecule has 0 amide bonds. The van der Waals surface area contributed by atoms with Gasteiger partial charge >= 0.3 is 0 Å². The third-order valence-corrected chi connectivity index (χ3v) is 6.02. The number of rotatable bonds is 5. The van der Waals surface area contributed by atoms with Crippen LogP contribution in [-0.2, 0) is 11.8 Å². The van der Waals surface area contributed by atoms with Gasteiger partial charge in [-0.25, -0.2) is 0 Å². The van der Waals surface area contributed by atoms with E-state index in [-0.39, 0.29) is 5.41 Å². The lowest BCUT2D eigenvalue weighted by Gasteiger charge is -2.16. The maximum absolute atomic E-state index is 10.8. The smallest absolute Gasteiger partial charge is 0.0799 e. The van der Waals surface area contributed by atoms with Gasteiger partial charge in [-0.3, -0.25) is 0 Å². The van der Waals surface area contributed by atoms with Gasteiger partial charge in [-0.2, -0.15) is 0 Å². The fourth-order valence-corrected chi connectivity index (χ4v) is 4.11. The van der Waals surface area contributed by atoms with Gasteiger partial charge in [0, 0.05) is 9.75 Å². The van der Waals surface area contributed by atoms with Gasteiger partial charge in [0.1, 0.15) is 0 Å². The molecule has 1 atom stereocenters. The molecule has 25 heavy (non-hydrogen) atoms. The van der Waals surface area contributed by atoms with E-state index in [1.807, 2.05) is 23.5 Å². The summed E-state index contributed by atoms with van der Waals surface area (Å²) < 4.78 is 0. The van der Waals surface area contributed by atoms with Crippen LogP contribution in [0.4, 0.5) is 0 Å². The third-order valence-electron chi connectivity index (χ3n) is 4.48. The summed E-state index contributed by atoms with van der Waals surface area (Å²) in [6.07, 6.45) is 1.17. The molecule has 3 aromatic rings. The average molecular weight is 351 g/mol. The molecule has 130 valence electrons. The van der Waals surface area contributed by atoms with Gasteiger partial charge in [-0.1, -0.05) is 75.4 Å². The molecular formula is C23H26OS. The van der Waals surface area contributed by atoms with E-state index in [0.29, 0.717) is 0 Å². The minimum absolute atomic E-state index is 0.157. The number of thiophene rings is 1. The van der Waals surface area contributed by atoms with Gasteiger partial charge in [0.25, 0.3) is 0 Å². The van der Waals surface area contributed by atoms with E-state index in [1.54, 1.807) is 0 Å². The van der Waals surface area contributed by atoms with Crippen molar-refractivity contribution in [1.29, 1.82) is 0 Å². The Morgan fingerprint density at radius 2 is 1.56 bits per heavy atom. The van der Waals surface area contributed by atoms with Crippen LogP contribution in [0.15, 0.2) is 66.7 Å². The van der Waals surface area contributed by atoms with Crippen molar-refractivity contribution in [1.82, 2.24) is 0 Å². The molecule has 1 heterocycles. The first-order chi connectivity index (χ1) is 11.9. The standard InChI is InChI=1S/C23H26OS/c1-23(2,3)22-16-15-21(25-22)19-12-8-7-11-18(19)20(24)14-13-17-9-5-4-6-10-17/h4-12,15-16,20,24H,13-14H2,1-3H3. The molecule has 0 aliphatic carbocycles. The van der Waals surface area contributed by atoms with Crippen molar-refractivity contribution in [2.45, 2.75) is 45.1 Å². The van der Waals surface area contributed by atoms with Crippen molar-refractivity contribution in [3.05, 3.63) is 82.7 Å². The Morgan fingerprint density at radius 3 is 2.24 bits per heavy atom. The largest absolute Gasteiger partial charge is 0.388 e. The van der Waals surface area contributed by atoms with Crippen LogP contribution in [0.3, 0.4) is 0 Å². The van der Waals surface area contributed by atoms with Crippen LogP contribution in [0.1, 0.15) is 49.3 Å². The van der Waals surface area contributed by atoms with Gasteiger partial charge in [0.15, 0.2) is 0 Å². The summed E-state index contributed by atoms with van der Waals surface area (Å²) in [5.41, 5.74) is 3.61. The predicted molar refractivity (Wildman–Crippen MR) is 108 cm³/mol. The second kappa shape index (κ2) is 7.55. The molecule has 2 aromatic carbocycles. The van der Waals surface area contributed by atoms with Crippen LogP contribution in [0, 0.1) is 0 Å². The Balaban J connectivity index is 1.82. The van der Waals surface area contributed by atoms with Crippen LogP contribution in [0.2, 0.25) is 0 Å². The van der Waals surface area contributed by atoms with Gasteiger partial charge in [0.2, 0.25) is 0 Å². The first-order valence-corrected chi connectivity index (χ1v) is 9.68. The maximum Gasteiger partial charge on any atom is 0.0799 e. The monoisotopic (exact) mass is 350 g/mol. The van der Waals surface area contributed by atoms with Crippen molar-refractivity contribution in [2.24, 2.45) is 0 Å². The number of hydrogen-bond acceptors (Lipinski definition) is 2. The SMILES string of the molecule is CC(C)(C)c1ccc(-c2ccccc2C(O)CCc2ccccc2)s1. The molecule has 0 aliphatic heterocycles. The molecule has 0 bridgehead atoms. The van der Waals surface area contributed by atoms with E-state index in [2.05, 4.69) is 75.4 Å². The van der Waals surface area contributed by atoms with Crippen LogP contribution >= 0.6 is 11.3 Å². The zero-order chi connectivity index (χ0) is 17.9. The Kier molecular flexibility index (Phi) is 5.41. The van der Waals surface area contributed by atoms with Gasteiger partial charge in [-0.05, 0) is 47.1 Å². The quantitative estimate of drug-likeness (QED) is 0.566. The summed E-state index contributed by atoms with van der Waals surface area (Å²) in [4.78, 5) is 2.61. The zero-order valence-electron chi connectivity index (χ0n) is 15.2. The van der Waals surface area contributed by atoms with Crippen LogP contribution in [0.5, 0.6) is 0 Å². The summed E-state index contributed by atoms with van der Waals surface area (Å²) in [5, 5.41) is 10.8. The molecule has 0 saturated carbocycles. The molecule has 1 aromatic heterocycles. The average Bonchev–Trinajstić information content (AvgIpc) is 3.11. The normalized spacial score (nSPS) is 13.0. The fourth-order valence-electron chi connectivity index (χ4n) is 3.00.